The van der Waals surface area contributed by atoms with Crippen molar-refractivity contribution in [2.45, 2.75) is 13.5 Å². The number of rotatable bonds is 2. The molecule has 0 aliphatic carbocycles. The molecule has 0 unspecified atom stereocenters. The maximum atomic E-state index is 8.99. The Balaban J connectivity index is 2.41. The molecule has 0 fully saturated rings. The molecule has 1 heterocycles. The molecule has 0 aliphatic heterocycles. The number of aromatic nitrogens is 3. The molecule has 1 aromatic heterocycles. The Labute approximate surface area is 92.1 Å². The summed E-state index contributed by atoms with van der Waals surface area (Å²) in [6.45, 7) is 1.71. The standard InChI is InChI=1S/C10H10ClN3O/c1-7-10(6-15)13-14(12-7)9-4-2-8(11)3-5-9/h2-5,15H,6H2,1H3. The van der Waals surface area contributed by atoms with Gasteiger partial charge < -0.3 is 5.11 Å². The van der Waals surface area contributed by atoms with Crippen LogP contribution in [0.5, 0.6) is 0 Å². The third-order valence-corrected chi connectivity index (χ3v) is 2.34. The van der Waals surface area contributed by atoms with Gasteiger partial charge in [-0.15, -0.1) is 0 Å². The summed E-state index contributed by atoms with van der Waals surface area (Å²) < 4.78 is 0. The van der Waals surface area contributed by atoms with Crippen LogP contribution in [0.15, 0.2) is 24.3 Å². The van der Waals surface area contributed by atoms with Crippen molar-refractivity contribution in [3.8, 4) is 5.69 Å². The zero-order chi connectivity index (χ0) is 10.8. The van der Waals surface area contributed by atoms with Crippen molar-refractivity contribution in [2.75, 3.05) is 0 Å². The van der Waals surface area contributed by atoms with E-state index in [0.717, 1.165) is 11.4 Å². The van der Waals surface area contributed by atoms with Gasteiger partial charge in [-0.05, 0) is 31.2 Å². The molecule has 0 aliphatic rings. The Morgan fingerprint density at radius 3 is 2.47 bits per heavy atom. The van der Waals surface area contributed by atoms with Gasteiger partial charge in [-0.1, -0.05) is 11.6 Å². The van der Waals surface area contributed by atoms with Crippen LogP contribution in [0.25, 0.3) is 5.69 Å². The summed E-state index contributed by atoms with van der Waals surface area (Å²) in [6.07, 6.45) is 0. The lowest BCUT2D eigenvalue weighted by atomic mass is 10.3. The van der Waals surface area contributed by atoms with Gasteiger partial charge in [0.25, 0.3) is 0 Å². The van der Waals surface area contributed by atoms with E-state index in [4.69, 9.17) is 16.7 Å². The van der Waals surface area contributed by atoms with Gasteiger partial charge in [0.1, 0.15) is 5.69 Å². The van der Waals surface area contributed by atoms with Gasteiger partial charge in [-0.2, -0.15) is 15.0 Å². The molecule has 0 bridgehead atoms. The normalized spacial score (nSPS) is 10.6. The van der Waals surface area contributed by atoms with Crippen molar-refractivity contribution in [1.82, 2.24) is 15.0 Å². The monoisotopic (exact) mass is 223 g/mol. The average molecular weight is 224 g/mol. The fourth-order valence-electron chi connectivity index (χ4n) is 1.24. The maximum Gasteiger partial charge on any atom is 0.111 e. The molecule has 15 heavy (non-hydrogen) atoms. The molecular weight excluding hydrogens is 214 g/mol. The third kappa shape index (κ3) is 2.00. The van der Waals surface area contributed by atoms with E-state index < -0.39 is 0 Å². The lowest BCUT2D eigenvalue weighted by molar-refractivity contribution is 0.275. The molecule has 0 spiro atoms. The lowest BCUT2D eigenvalue weighted by Gasteiger charge is -1.98. The first-order valence-corrected chi connectivity index (χ1v) is 4.88. The summed E-state index contributed by atoms with van der Waals surface area (Å²) in [4.78, 5) is 1.48. The highest BCUT2D eigenvalue weighted by Gasteiger charge is 2.06. The van der Waals surface area contributed by atoms with Crippen LogP contribution >= 0.6 is 11.6 Å². The summed E-state index contributed by atoms with van der Waals surface area (Å²) in [5.41, 5.74) is 2.14. The minimum Gasteiger partial charge on any atom is -0.390 e. The predicted octanol–water partition coefficient (Wildman–Crippen LogP) is 1.72. The fourth-order valence-corrected chi connectivity index (χ4v) is 1.37. The van der Waals surface area contributed by atoms with Crippen molar-refractivity contribution in [3.05, 3.63) is 40.7 Å². The summed E-state index contributed by atoms with van der Waals surface area (Å²) in [7, 11) is 0. The van der Waals surface area contributed by atoms with Crippen molar-refractivity contribution in [2.24, 2.45) is 0 Å². The van der Waals surface area contributed by atoms with Crippen LogP contribution in [-0.2, 0) is 6.61 Å². The van der Waals surface area contributed by atoms with Crippen LogP contribution < -0.4 is 0 Å². The van der Waals surface area contributed by atoms with E-state index in [2.05, 4.69) is 10.2 Å². The summed E-state index contributed by atoms with van der Waals surface area (Å²) in [6, 6.07) is 7.19. The first kappa shape index (κ1) is 10.1. The van der Waals surface area contributed by atoms with Gasteiger partial charge in [0.15, 0.2) is 0 Å². The van der Waals surface area contributed by atoms with Crippen LogP contribution in [0.3, 0.4) is 0 Å². The Morgan fingerprint density at radius 2 is 1.93 bits per heavy atom. The zero-order valence-corrected chi connectivity index (χ0v) is 8.94. The van der Waals surface area contributed by atoms with Crippen molar-refractivity contribution in [3.63, 3.8) is 0 Å². The number of aliphatic hydroxyl groups excluding tert-OH is 1. The Kier molecular flexibility index (Phi) is 2.70. The number of nitrogens with zero attached hydrogens (tertiary/aromatic N) is 3. The van der Waals surface area contributed by atoms with Crippen LogP contribution in [0, 0.1) is 6.92 Å². The van der Waals surface area contributed by atoms with Gasteiger partial charge in [0.2, 0.25) is 0 Å². The number of aliphatic hydroxyl groups is 1. The molecule has 78 valence electrons. The molecule has 0 amide bonds. The second kappa shape index (κ2) is 4.00. The maximum absolute atomic E-state index is 8.99. The highest BCUT2D eigenvalue weighted by atomic mass is 35.5. The van der Waals surface area contributed by atoms with Crippen molar-refractivity contribution < 1.29 is 5.11 Å². The topological polar surface area (TPSA) is 50.9 Å². The predicted molar refractivity (Wildman–Crippen MR) is 57.0 cm³/mol. The SMILES string of the molecule is Cc1nn(-c2ccc(Cl)cc2)nc1CO. The molecular formula is C10H10ClN3O. The number of halogens is 1. The second-order valence-electron chi connectivity index (χ2n) is 3.16. The number of benzene rings is 1. The molecule has 4 nitrogen and oxygen atoms in total. The Morgan fingerprint density at radius 1 is 1.27 bits per heavy atom. The van der Waals surface area contributed by atoms with Crippen molar-refractivity contribution >= 4 is 11.6 Å². The third-order valence-electron chi connectivity index (χ3n) is 2.09. The molecule has 0 radical (unpaired) electrons. The van der Waals surface area contributed by atoms with E-state index in [1.54, 1.807) is 12.1 Å². The quantitative estimate of drug-likeness (QED) is 0.844. The zero-order valence-electron chi connectivity index (χ0n) is 8.18. The van der Waals surface area contributed by atoms with E-state index in [9.17, 15) is 0 Å². The first-order valence-electron chi connectivity index (χ1n) is 4.50. The molecule has 2 rings (SSSR count). The van der Waals surface area contributed by atoms with E-state index >= 15 is 0 Å². The van der Waals surface area contributed by atoms with Crippen LogP contribution in [0.2, 0.25) is 5.02 Å². The molecule has 1 aromatic carbocycles. The fraction of sp³-hybridized carbons (Fsp3) is 0.200. The number of hydrogen-bond donors (Lipinski definition) is 1. The molecule has 0 atom stereocenters. The number of aryl methyl sites for hydroxylation is 1. The van der Waals surface area contributed by atoms with Crippen LogP contribution in [-0.4, -0.2) is 20.1 Å². The number of hydrogen-bond acceptors (Lipinski definition) is 3. The second-order valence-corrected chi connectivity index (χ2v) is 3.59. The Hall–Kier alpha value is -1.39. The molecule has 2 aromatic rings. The van der Waals surface area contributed by atoms with E-state index in [1.165, 1.54) is 4.80 Å². The van der Waals surface area contributed by atoms with E-state index in [-0.39, 0.29) is 6.61 Å². The minimum atomic E-state index is -0.0978. The van der Waals surface area contributed by atoms with Crippen LogP contribution in [0.4, 0.5) is 0 Å². The summed E-state index contributed by atoms with van der Waals surface area (Å²) >= 11 is 5.77. The largest absolute Gasteiger partial charge is 0.390 e. The summed E-state index contributed by atoms with van der Waals surface area (Å²) in [5.74, 6) is 0. The highest BCUT2D eigenvalue weighted by molar-refractivity contribution is 6.30. The highest BCUT2D eigenvalue weighted by Crippen LogP contribution is 2.13. The van der Waals surface area contributed by atoms with E-state index in [1.807, 2.05) is 19.1 Å². The summed E-state index contributed by atoms with van der Waals surface area (Å²) in [5, 5.41) is 18.0. The molecule has 1 N–H and O–H groups in total. The van der Waals surface area contributed by atoms with Crippen molar-refractivity contribution in [1.29, 1.82) is 0 Å². The lowest BCUT2D eigenvalue weighted by Crippen LogP contribution is -1.98. The molecule has 5 heteroatoms. The van der Waals surface area contributed by atoms with Gasteiger partial charge >= 0.3 is 0 Å². The van der Waals surface area contributed by atoms with Crippen LogP contribution in [0.1, 0.15) is 11.4 Å². The Bertz CT molecular complexity index is 464. The average Bonchev–Trinajstić information content (AvgIpc) is 2.61. The van der Waals surface area contributed by atoms with Gasteiger partial charge in [0.05, 0.1) is 18.0 Å². The van der Waals surface area contributed by atoms with Gasteiger partial charge in [-0.3, -0.25) is 0 Å². The first-order chi connectivity index (χ1) is 7.20. The van der Waals surface area contributed by atoms with Gasteiger partial charge in [-0.25, -0.2) is 0 Å². The van der Waals surface area contributed by atoms with Gasteiger partial charge in [0, 0.05) is 5.02 Å². The minimum absolute atomic E-state index is 0.0978. The smallest absolute Gasteiger partial charge is 0.111 e. The molecule has 0 saturated carbocycles. The van der Waals surface area contributed by atoms with E-state index in [0.29, 0.717) is 10.7 Å². The molecule has 0 saturated heterocycles.